The number of aliphatic hydroxyl groups is 1. The van der Waals surface area contributed by atoms with E-state index >= 15 is 0 Å². The van der Waals surface area contributed by atoms with Gasteiger partial charge in [0.1, 0.15) is 0 Å². The smallest absolute Gasteiger partial charge is 0.221 e. The summed E-state index contributed by atoms with van der Waals surface area (Å²) in [6, 6.07) is -0.0819. The lowest BCUT2D eigenvalue weighted by Gasteiger charge is -2.34. The van der Waals surface area contributed by atoms with Crippen molar-refractivity contribution < 1.29 is 19.4 Å². The predicted molar refractivity (Wildman–Crippen MR) is 93.9 cm³/mol. The molecular formula is C16H33N5O4. The van der Waals surface area contributed by atoms with Crippen LogP contribution < -0.4 is 16.1 Å². The highest BCUT2D eigenvalue weighted by Crippen LogP contribution is 2.20. The third-order valence-corrected chi connectivity index (χ3v) is 4.62. The second-order valence-electron chi connectivity index (χ2n) is 6.93. The molecule has 2 aliphatic heterocycles. The molecule has 2 rings (SSSR count). The second kappa shape index (κ2) is 10.4. The number of nitrogens with one attached hydrogen (secondary N) is 3. The molecule has 146 valence electrons. The van der Waals surface area contributed by atoms with Crippen LogP contribution in [-0.4, -0.2) is 105 Å². The molecule has 4 N–H and O–H groups in total. The van der Waals surface area contributed by atoms with Gasteiger partial charge < -0.3 is 25.2 Å². The minimum Gasteiger partial charge on any atom is -0.389 e. The van der Waals surface area contributed by atoms with Gasteiger partial charge >= 0.3 is 0 Å². The van der Waals surface area contributed by atoms with Gasteiger partial charge in [0.05, 0.1) is 25.4 Å². The van der Waals surface area contributed by atoms with Crippen molar-refractivity contribution in [1.29, 1.82) is 0 Å². The first-order valence-electron chi connectivity index (χ1n) is 9.08. The molecule has 0 bridgehead atoms. The van der Waals surface area contributed by atoms with Gasteiger partial charge in [0.25, 0.3) is 0 Å². The molecule has 0 radical (unpaired) electrons. The number of carbonyl (C=O) groups excluding carboxylic acids is 1. The number of amides is 1. The van der Waals surface area contributed by atoms with E-state index in [-0.39, 0.29) is 12.6 Å². The largest absolute Gasteiger partial charge is 0.389 e. The Morgan fingerprint density at radius 1 is 1.04 bits per heavy atom. The molecule has 9 heteroatoms. The van der Waals surface area contributed by atoms with Crippen molar-refractivity contribution in [2.24, 2.45) is 0 Å². The zero-order valence-corrected chi connectivity index (χ0v) is 15.4. The lowest BCUT2D eigenvalue weighted by Crippen LogP contribution is -2.53. The molecule has 0 aliphatic carbocycles. The second-order valence-corrected chi connectivity index (χ2v) is 6.93. The van der Waals surface area contributed by atoms with Crippen LogP contribution in [0, 0.1) is 0 Å². The van der Waals surface area contributed by atoms with Gasteiger partial charge in [-0.3, -0.25) is 15.1 Å². The van der Waals surface area contributed by atoms with E-state index < -0.39 is 11.9 Å². The van der Waals surface area contributed by atoms with Gasteiger partial charge in [0.15, 0.2) is 5.79 Å². The Morgan fingerprint density at radius 2 is 1.60 bits per heavy atom. The number of hydrogen-bond acceptors (Lipinski definition) is 8. The van der Waals surface area contributed by atoms with Crippen LogP contribution in [0.1, 0.15) is 13.8 Å². The van der Waals surface area contributed by atoms with Gasteiger partial charge in [-0.15, -0.1) is 0 Å². The molecule has 2 aliphatic rings. The van der Waals surface area contributed by atoms with Crippen LogP contribution in [-0.2, 0) is 14.3 Å². The zero-order chi connectivity index (χ0) is 18.1. The van der Waals surface area contributed by atoms with E-state index in [2.05, 4.69) is 21.0 Å². The maximum atomic E-state index is 10.6. The first kappa shape index (κ1) is 20.5. The fraction of sp³-hybridized carbons (Fsp3) is 0.938. The van der Waals surface area contributed by atoms with E-state index in [1.54, 1.807) is 0 Å². The monoisotopic (exact) mass is 359 g/mol. The molecule has 0 saturated carbocycles. The fourth-order valence-electron chi connectivity index (χ4n) is 3.07. The van der Waals surface area contributed by atoms with E-state index in [1.165, 1.54) is 0 Å². The SMILES string of the molecule is CC1(C)OCC(O)C(N2CCNCCN(NC=O)CCNCC2)CO1. The third kappa shape index (κ3) is 7.14. The van der Waals surface area contributed by atoms with Crippen LogP contribution in [0.15, 0.2) is 0 Å². The van der Waals surface area contributed by atoms with Crippen LogP contribution in [0.4, 0.5) is 0 Å². The molecule has 2 heterocycles. The molecule has 0 aromatic carbocycles. The van der Waals surface area contributed by atoms with E-state index in [0.29, 0.717) is 13.0 Å². The summed E-state index contributed by atoms with van der Waals surface area (Å²) in [7, 11) is 0. The van der Waals surface area contributed by atoms with Gasteiger partial charge in [0, 0.05) is 52.4 Å². The number of carbonyl (C=O) groups is 1. The highest BCUT2D eigenvalue weighted by molar-refractivity contribution is 5.44. The molecule has 2 unspecified atom stereocenters. The topological polar surface area (TPSA) is 98.3 Å². The molecule has 1 amide bonds. The summed E-state index contributed by atoms with van der Waals surface area (Å²) < 4.78 is 11.5. The summed E-state index contributed by atoms with van der Waals surface area (Å²) in [6.07, 6.45) is 0.145. The highest BCUT2D eigenvalue weighted by atomic mass is 16.7. The standard InChI is InChI=1S/C16H33N5O4/c1-16(2)24-11-14(15(23)12-25-16)20-7-3-17-5-9-21(19-13-22)10-6-18-4-8-20/h13-15,17-18,23H,3-12H2,1-2H3,(H,19,22). The van der Waals surface area contributed by atoms with E-state index in [9.17, 15) is 9.90 Å². The average Bonchev–Trinajstić information content (AvgIpc) is 2.69. The Hall–Kier alpha value is -0.810. The number of nitrogens with zero attached hydrogens (tertiary/aromatic N) is 2. The highest BCUT2D eigenvalue weighted by Gasteiger charge is 2.34. The summed E-state index contributed by atoms with van der Waals surface area (Å²) in [5.41, 5.74) is 2.72. The summed E-state index contributed by atoms with van der Waals surface area (Å²) in [5, 5.41) is 19.2. The molecule has 2 saturated heterocycles. The first-order valence-corrected chi connectivity index (χ1v) is 9.08. The zero-order valence-electron chi connectivity index (χ0n) is 15.4. The average molecular weight is 359 g/mol. The van der Waals surface area contributed by atoms with Gasteiger partial charge in [-0.25, -0.2) is 5.01 Å². The van der Waals surface area contributed by atoms with Crippen LogP contribution in [0.5, 0.6) is 0 Å². The Morgan fingerprint density at radius 3 is 2.20 bits per heavy atom. The van der Waals surface area contributed by atoms with Gasteiger partial charge in [-0.2, -0.15) is 0 Å². The van der Waals surface area contributed by atoms with Gasteiger partial charge in [-0.05, 0) is 13.8 Å². The molecule has 9 nitrogen and oxygen atoms in total. The fourth-order valence-corrected chi connectivity index (χ4v) is 3.07. The Balaban J connectivity index is 1.89. The molecule has 0 aromatic rings. The van der Waals surface area contributed by atoms with E-state index in [0.717, 1.165) is 52.4 Å². The summed E-state index contributed by atoms with van der Waals surface area (Å²) in [6.45, 7) is 10.8. The number of rotatable bonds is 3. The van der Waals surface area contributed by atoms with E-state index in [4.69, 9.17) is 9.47 Å². The third-order valence-electron chi connectivity index (χ3n) is 4.62. The molecule has 25 heavy (non-hydrogen) atoms. The van der Waals surface area contributed by atoms with Crippen molar-refractivity contribution in [3.63, 3.8) is 0 Å². The number of hydrazine groups is 1. The van der Waals surface area contributed by atoms with Crippen LogP contribution >= 0.6 is 0 Å². The lowest BCUT2D eigenvalue weighted by molar-refractivity contribution is -0.204. The molecule has 0 aromatic heterocycles. The molecule has 0 spiro atoms. The maximum Gasteiger partial charge on any atom is 0.221 e. The molecular weight excluding hydrogens is 326 g/mol. The predicted octanol–water partition coefficient (Wildman–Crippen LogP) is -2.04. The van der Waals surface area contributed by atoms with Crippen molar-refractivity contribution in [3.05, 3.63) is 0 Å². The quantitative estimate of drug-likeness (QED) is 0.428. The first-order chi connectivity index (χ1) is 12.0. The summed E-state index contributed by atoms with van der Waals surface area (Å²) >= 11 is 0. The maximum absolute atomic E-state index is 10.6. The van der Waals surface area contributed by atoms with Crippen molar-refractivity contribution >= 4 is 6.41 Å². The minimum atomic E-state index is -0.659. The Kier molecular flexibility index (Phi) is 8.50. The van der Waals surface area contributed by atoms with Crippen molar-refractivity contribution in [1.82, 2.24) is 26.0 Å². The normalized spacial score (nSPS) is 31.3. The Bertz CT molecular complexity index is 385. The molecule has 2 fully saturated rings. The van der Waals surface area contributed by atoms with Crippen molar-refractivity contribution in [3.8, 4) is 0 Å². The van der Waals surface area contributed by atoms with Gasteiger partial charge in [0.2, 0.25) is 6.41 Å². The lowest BCUT2D eigenvalue weighted by atomic mass is 10.1. The van der Waals surface area contributed by atoms with Crippen LogP contribution in [0.3, 0.4) is 0 Å². The Labute approximate surface area is 150 Å². The summed E-state index contributed by atoms with van der Waals surface area (Å²) in [4.78, 5) is 12.9. The number of aliphatic hydroxyl groups excluding tert-OH is 1. The van der Waals surface area contributed by atoms with Crippen LogP contribution in [0.2, 0.25) is 0 Å². The number of hydrogen-bond donors (Lipinski definition) is 4. The van der Waals surface area contributed by atoms with Gasteiger partial charge in [-0.1, -0.05) is 0 Å². The minimum absolute atomic E-state index is 0.0819. The molecule has 2 atom stereocenters. The summed E-state index contributed by atoms with van der Waals surface area (Å²) in [5.74, 6) is -0.659. The van der Waals surface area contributed by atoms with Crippen molar-refractivity contribution in [2.45, 2.75) is 31.8 Å². The van der Waals surface area contributed by atoms with Crippen LogP contribution in [0.25, 0.3) is 0 Å². The van der Waals surface area contributed by atoms with E-state index in [1.807, 2.05) is 18.9 Å². The van der Waals surface area contributed by atoms with Crippen molar-refractivity contribution in [2.75, 3.05) is 65.6 Å². The number of ether oxygens (including phenoxy) is 2.